The van der Waals surface area contributed by atoms with E-state index in [2.05, 4.69) is 15.3 Å². The summed E-state index contributed by atoms with van der Waals surface area (Å²) < 4.78 is 0. The first-order chi connectivity index (χ1) is 9.74. The van der Waals surface area contributed by atoms with Crippen molar-refractivity contribution in [3.63, 3.8) is 0 Å². The zero-order valence-corrected chi connectivity index (χ0v) is 11.8. The van der Waals surface area contributed by atoms with Gasteiger partial charge in [0.15, 0.2) is 6.29 Å². The minimum absolute atomic E-state index is 0.0252. The smallest absolute Gasteiger partial charge is 0.162 e. The van der Waals surface area contributed by atoms with Gasteiger partial charge >= 0.3 is 0 Å². The first kappa shape index (κ1) is 14.1. The first-order valence-corrected chi connectivity index (χ1v) is 6.98. The summed E-state index contributed by atoms with van der Waals surface area (Å²) in [6, 6.07) is 11.8. The molecule has 5 nitrogen and oxygen atoms in total. The topological polar surface area (TPSA) is 77.9 Å². The van der Waals surface area contributed by atoms with Gasteiger partial charge in [0.2, 0.25) is 0 Å². The Balaban J connectivity index is 2.23. The van der Waals surface area contributed by atoms with Gasteiger partial charge in [-0.25, -0.2) is 0 Å². The number of carbonyl (C=O) groups is 1. The molecule has 2 aromatic rings. The molecule has 2 rings (SSSR count). The maximum absolute atomic E-state index is 11.2. The number of carbonyl (C=O) groups excluding carboxylic acids is 1. The standard InChI is InChI=1S/C14H14N4OS/c1-10(8-16-18-15)17-12-7-13(20-14(12)9-19)11-5-3-2-4-6-11/h2-7,9-10,17H,8H2,1H3. The second kappa shape index (κ2) is 6.75. The minimum Gasteiger partial charge on any atom is -0.381 e. The quantitative estimate of drug-likeness (QED) is 0.371. The molecule has 1 unspecified atom stereocenters. The Kier molecular flexibility index (Phi) is 4.76. The van der Waals surface area contributed by atoms with Crippen LogP contribution in [0.4, 0.5) is 5.69 Å². The molecule has 0 fully saturated rings. The van der Waals surface area contributed by atoms with Gasteiger partial charge in [0.05, 0.1) is 10.6 Å². The van der Waals surface area contributed by atoms with Gasteiger partial charge in [-0.2, -0.15) is 0 Å². The van der Waals surface area contributed by atoms with Crippen molar-refractivity contribution in [1.29, 1.82) is 0 Å². The summed E-state index contributed by atoms with van der Waals surface area (Å²) >= 11 is 1.44. The van der Waals surface area contributed by atoms with Crippen LogP contribution in [-0.2, 0) is 0 Å². The molecule has 0 saturated heterocycles. The Morgan fingerprint density at radius 2 is 2.20 bits per heavy atom. The third-order valence-electron chi connectivity index (χ3n) is 2.75. The van der Waals surface area contributed by atoms with Crippen LogP contribution < -0.4 is 5.32 Å². The Morgan fingerprint density at radius 1 is 1.45 bits per heavy atom. The number of benzene rings is 1. The highest BCUT2D eigenvalue weighted by molar-refractivity contribution is 7.17. The summed E-state index contributed by atoms with van der Waals surface area (Å²) in [6.45, 7) is 2.24. The van der Waals surface area contributed by atoms with Crippen molar-refractivity contribution in [2.45, 2.75) is 13.0 Å². The molecule has 0 saturated carbocycles. The van der Waals surface area contributed by atoms with Crippen LogP contribution >= 0.6 is 11.3 Å². The molecule has 0 aliphatic heterocycles. The second-order valence-electron chi connectivity index (χ2n) is 4.33. The molecule has 1 aromatic carbocycles. The Labute approximate surface area is 120 Å². The van der Waals surface area contributed by atoms with E-state index in [0.717, 1.165) is 22.4 Å². The number of rotatable bonds is 6. The zero-order valence-electron chi connectivity index (χ0n) is 11.0. The van der Waals surface area contributed by atoms with Crippen molar-refractivity contribution < 1.29 is 4.79 Å². The van der Waals surface area contributed by atoms with E-state index in [1.165, 1.54) is 11.3 Å². The Morgan fingerprint density at radius 3 is 2.85 bits per heavy atom. The summed E-state index contributed by atoms with van der Waals surface area (Å²) in [5.74, 6) is 0. The fraction of sp³-hybridized carbons (Fsp3) is 0.214. The molecular formula is C14H14N4OS. The van der Waals surface area contributed by atoms with E-state index >= 15 is 0 Å². The fourth-order valence-corrected chi connectivity index (χ4v) is 2.76. The predicted molar refractivity (Wildman–Crippen MR) is 82.2 cm³/mol. The fourth-order valence-electron chi connectivity index (χ4n) is 1.82. The average molecular weight is 286 g/mol. The highest BCUT2D eigenvalue weighted by atomic mass is 32.1. The summed E-state index contributed by atoms with van der Waals surface area (Å²) in [7, 11) is 0. The lowest BCUT2D eigenvalue weighted by Crippen LogP contribution is -2.18. The van der Waals surface area contributed by atoms with Gasteiger partial charge < -0.3 is 5.32 Å². The number of aldehydes is 1. The van der Waals surface area contributed by atoms with Crippen LogP contribution in [-0.4, -0.2) is 18.9 Å². The molecule has 1 atom stereocenters. The molecule has 1 aromatic heterocycles. The molecule has 6 heteroatoms. The summed E-state index contributed by atoms with van der Waals surface area (Å²) in [4.78, 5) is 15.6. The van der Waals surface area contributed by atoms with Crippen LogP contribution in [0.25, 0.3) is 20.9 Å². The molecule has 20 heavy (non-hydrogen) atoms. The Hall–Kier alpha value is -2.30. The van der Waals surface area contributed by atoms with Crippen LogP contribution in [0, 0.1) is 0 Å². The number of thiophene rings is 1. The summed E-state index contributed by atoms with van der Waals surface area (Å²) in [6.07, 6.45) is 0.847. The molecule has 0 aliphatic rings. The van der Waals surface area contributed by atoms with E-state index in [1.54, 1.807) is 0 Å². The number of anilines is 1. The minimum atomic E-state index is -0.0252. The lowest BCUT2D eigenvalue weighted by atomic mass is 10.2. The predicted octanol–water partition coefficient (Wildman–Crippen LogP) is 4.34. The number of nitrogens with zero attached hydrogens (tertiary/aromatic N) is 3. The third-order valence-corrected chi connectivity index (χ3v) is 3.86. The molecule has 0 amide bonds. The highest BCUT2D eigenvalue weighted by Gasteiger charge is 2.11. The highest BCUT2D eigenvalue weighted by Crippen LogP contribution is 2.34. The van der Waals surface area contributed by atoms with E-state index in [9.17, 15) is 4.79 Å². The molecule has 1 heterocycles. The maximum Gasteiger partial charge on any atom is 0.162 e. The van der Waals surface area contributed by atoms with Gasteiger partial charge in [-0.15, -0.1) is 11.3 Å². The molecule has 0 spiro atoms. The van der Waals surface area contributed by atoms with Gasteiger partial charge in [-0.05, 0) is 24.1 Å². The van der Waals surface area contributed by atoms with Gasteiger partial charge in [0.25, 0.3) is 0 Å². The SMILES string of the molecule is CC(CN=[N+]=[N-])Nc1cc(-c2ccccc2)sc1C=O. The van der Waals surface area contributed by atoms with Gasteiger partial charge in [-0.1, -0.05) is 35.4 Å². The van der Waals surface area contributed by atoms with Gasteiger partial charge in [-0.3, -0.25) is 4.79 Å². The molecule has 0 aliphatic carbocycles. The lowest BCUT2D eigenvalue weighted by molar-refractivity contribution is 0.112. The van der Waals surface area contributed by atoms with Gasteiger partial charge in [0.1, 0.15) is 0 Å². The van der Waals surface area contributed by atoms with Crippen molar-refractivity contribution in [3.8, 4) is 10.4 Å². The number of nitrogens with one attached hydrogen (secondary N) is 1. The van der Waals surface area contributed by atoms with Gasteiger partial charge in [0, 0.05) is 22.4 Å². The van der Waals surface area contributed by atoms with Crippen LogP contribution in [0.2, 0.25) is 0 Å². The third kappa shape index (κ3) is 3.38. The number of azide groups is 1. The molecule has 0 bridgehead atoms. The van der Waals surface area contributed by atoms with Crippen molar-refractivity contribution in [1.82, 2.24) is 0 Å². The largest absolute Gasteiger partial charge is 0.381 e. The Bertz CT molecular complexity index is 632. The van der Waals surface area contributed by atoms with E-state index in [1.807, 2.05) is 43.3 Å². The summed E-state index contributed by atoms with van der Waals surface area (Å²) in [5, 5.41) is 6.72. The van der Waals surface area contributed by atoms with Crippen molar-refractivity contribution >= 4 is 23.3 Å². The van der Waals surface area contributed by atoms with Crippen LogP contribution in [0.3, 0.4) is 0 Å². The molecule has 102 valence electrons. The lowest BCUT2D eigenvalue weighted by Gasteiger charge is -2.11. The van der Waals surface area contributed by atoms with Crippen molar-refractivity contribution in [3.05, 3.63) is 51.7 Å². The van der Waals surface area contributed by atoms with Crippen LogP contribution in [0.1, 0.15) is 16.6 Å². The van der Waals surface area contributed by atoms with E-state index in [4.69, 9.17) is 5.53 Å². The summed E-state index contributed by atoms with van der Waals surface area (Å²) in [5.41, 5.74) is 10.2. The van der Waals surface area contributed by atoms with E-state index in [-0.39, 0.29) is 6.04 Å². The maximum atomic E-state index is 11.2. The molecular weight excluding hydrogens is 272 g/mol. The zero-order chi connectivity index (χ0) is 14.4. The van der Waals surface area contributed by atoms with Crippen LogP contribution in [0.15, 0.2) is 41.5 Å². The van der Waals surface area contributed by atoms with Crippen molar-refractivity contribution in [2.75, 3.05) is 11.9 Å². The van der Waals surface area contributed by atoms with E-state index < -0.39 is 0 Å². The first-order valence-electron chi connectivity index (χ1n) is 6.16. The molecule has 0 radical (unpaired) electrons. The van der Waals surface area contributed by atoms with Crippen LogP contribution in [0.5, 0.6) is 0 Å². The average Bonchev–Trinajstić information content (AvgIpc) is 2.89. The number of hydrogen-bond acceptors (Lipinski definition) is 4. The second-order valence-corrected chi connectivity index (χ2v) is 5.42. The van der Waals surface area contributed by atoms with Crippen molar-refractivity contribution in [2.24, 2.45) is 5.11 Å². The van der Waals surface area contributed by atoms with E-state index in [0.29, 0.717) is 11.4 Å². The molecule has 1 N–H and O–H groups in total. The monoisotopic (exact) mass is 286 g/mol. The number of hydrogen-bond donors (Lipinski definition) is 1. The normalized spacial score (nSPS) is 11.4.